The van der Waals surface area contributed by atoms with Crippen molar-refractivity contribution in [3.05, 3.63) is 40.4 Å². The van der Waals surface area contributed by atoms with Gasteiger partial charge in [0.05, 0.1) is 0 Å². The number of benzene rings is 1. The van der Waals surface area contributed by atoms with Gasteiger partial charge in [0.2, 0.25) is 0 Å². The van der Waals surface area contributed by atoms with Gasteiger partial charge in [-0.1, -0.05) is 21.5 Å². The summed E-state index contributed by atoms with van der Waals surface area (Å²) < 4.78 is 40.8. The second-order valence-electron chi connectivity index (χ2n) is 4.04. The molecule has 0 saturated heterocycles. The van der Waals surface area contributed by atoms with Crippen LogP contribution in [-0.4, -0.2) is 6.36 Å². The maximum Gasteiger partial charge on any atom is 0.573 e. The van der Waals surface area contributed by atoms with Crippen LogP contribution in [0.5, 0.6) is 5.75 Å². The third-order valence-electron chi connectivity index (χ3n) is 2.12. The minimum atomic E-state index is -4.71. The third-order valence-corrected chi connectivity index (χ3v) is 2.58. The molecule has 0 aliphatic rings. The molecule has 1 rings (SSSR count). The van der Waals surface area contributed by atoms with Crippen molar-refractivity contribution in [1.29, 1.82) is 0 Å². The molecule has 0 radical (unpaired) electrons. The van der Waals surface area contributed by atoms with Gasteiger partial charge in [-0.15, -0.1) is 19.8 Å². The monoisotopic (exact) mass is 323 g/mol. The van der Waals surface area contributed by atoms with Crippen LogP contribution >= 0.6 is 15.9 Å². The fraction of sp³-hybridized carbons (Fsp3) is 0.333. The summed E-state index contributed by atoms with van der Waals surface area (Å²) in [6.45, 7) is 5.53. The molecule has 6 heteroatoms. The number of alkyl halides is 3. The van der Waals surface area contributed by atoms with E-state index >= 15 is 0 Å². The molecule has 1 aromatic carbocycles. The number of nitrogens with two attached hydrogens (primary N) is 1. The van der Waals surface area contributed by atoms with Crippen LogP contribution in [0.1, 0.15) is 24.9 Å². The summed E-state index contributed by atoms with van der Waals surface area (Å²) in [4.78, 5) is 0. The molecule has 0 amide bonds. The quantitative estimate of drug-likeness (QED) is 0.838. The maximum absolute atomic E-state index is 12.1. The Hall–Kier alpha value is -1.01. The standard InChI is InChI=1S/C12H13BrF3NO/c1-7(2)3-11(17)8-4-9(13)6-10(5-8)18-12(14,15)16/h4-6,11H,1,3,17H2,2H3/t11-/m0/s1. The van der Waals surface area contributed by atoms with Crippen LogP contribution in [0.15, 0.2) is 34.8 Å². The van der Waals surface area contributed by atoms with Crippen LogP contribution in [0.4, 0.5) is 13.2 Å². The highest BCUT2D eigenvalue weighted by Gasteiger charge is 2.31. The normalized spacial score (nSPS) is 13.2. The van der Waals surface area contributed by atoms with Crippen LogP contribution in [0.2, 0.25) is 0 Å². The lowest BCUT2D eigenvalue weighted by Gasteiger charge is -2.15. The lowest BCUT2D eigenvalue weighted by Crippen LogP contribution is -2.18. The largest absolute Gasteiger partial charge is 0.573 e. The van der Waals surface area contributed by atoms with Crippen molar-refractivity contribution in [1.82, 2.24) is 0 Å². The van der Waals surface area contributed by atoms with Gasteiger partial charge in [-0.25, -0.2) is 0 Å². The second kappa shape index (κ2) is 5.75. The Labute approximate surface area is 112 Å². The molecule has 0 fully saturated rings. The summed E-state index contributed by atoms with van der Waals surface area (Å²) >= 11 is 3.13. The third kappa shape index (κ3) is 5.10. The highest BCUT2D eigenvalue weighted by molar-refractivity contribution is 9.10. The molecule has 0 aliphatic heterocycles. The zero-order valence-electron chi connectivity index (χ0n) is 9.72. The smallest absolute Gasteiger partial charge is 0.406 e. The molecular formula is C12H13BrF3NO. The van der Waals surface area contributed by atoms with Crippen molar-refractivity contribution in [2.45, 2.75) is 25.7 Å². The molecule has 0 saturated carbocycles. The Morgan fingerprint density at radius 2 is 2.06 bits per heavy atom. The molecule has 100 valence electrons. The summed E-state index contributed by atoms with van der Waals surface area (Å²) in [5, 5.41) is 0. The van der Waals surface area contributed by atoms with Crippen molar-refractivity contribution >= 4 is 15.9 Å². The molecule has 1 aromatic rings. The van der Waals surface area contributed by atoms with E-state index in [1.54, 1.807) is 6.07 Å². The van der Waals surface area contributed by atoms with E-state index in [0.717, 1.165) is 5.57 Å². The minimum Gasteiger partial charge on any atom is -0.406 e. The van der Waals surface area contributed by atoms with Gasteiger partial charge >= 0.3 is 6.36 Å². The lowest BCUT2D eigenvalue weighted by atomic mass is 10.0. The van der Waals surface area contributed by atoms with Crippen LogP contribution in [0, 0.1) is 0 Å². The summed E-state index contributed by atoms with van der Waals surface area (Å²) in [6, 6.07) is 3.78. The molecule has 0 bridgehead atoms. The SMILES string of the molecule is C=C(C)C[C@H](N)c1cc(Br)cc(OC(F)(F)F)c1. The second-order valence-corrected chi connectivity index (χ2v) is 4.95. The Morgan fingerprint density at radius 1 is 1.44 bits per heavy atom. The fourth-order valence-electron chi connectivity index (χ4n) is 1.48. The highest BCUT2D eigenvalue weighted by atomic mass is 79.9. The van der Waals surface area contributed by atoms with E-state index in [9.17, 15) is 13.2 Å². The molecule has 0 aliphatic carbocycles. The Bertz CT molecular complexity index is 445. The maximum atomic E-state index is 12.1. The first-order valence-corrected chi connectivity index (χ1v) is 5.93. The topological polar surface area (TPSA) is 35.2 Å². The Kier molecular flexibility index (Phi) is 4.81. The van der Waals surface area contributed by atoms with Gasteiger partial charge in [0, 0.05) is 10.5 Å². The van der Waals surface area contributed by atoms with E-state index in [4.69, 9.17) is 5.73 Å². The highest BCUT2D eigenvalue weighted by Crippen LogP contribution is 2.30. The van der Waals surface area contributed by atoms with E-state index in [0.29, 0.717) is 16.5 Å². The first kappa shape index (κ1) is 15.0. The van der Waals surface area contributed by atoms with Gasteiger partial charge in [-0.3, -0.25) is 0 Å². The van der Waals surface area contributed by atoms with Gasteiger partial charge in [-0.2, -0.15) is 0 Å². The van der Waals surface area contributed by atoms with Gasteiger partial charge in [0.15, 0.2) is 0 Å². The number of hydrogen-bond donors (Lipinski definition) is 1. The summed E-state index contributed by atoms with van der Waals surface area (Å²) in [6.07, 6.45) is -4.21. The van der Waals surface area contributed by atoms with Gasteiger partial charge in [0.1, 0.15) is 5.75 Å². The first-order chi connectivity index (χ1) is 8.17. The van der Waals surface area contributed by atoms with Crippen molar-refractivity contribution in [3.63, 3.8) is 0 Å². The van der Waals surface area contributed by atoms with Crippen LogP contribution < -0.4 is 10.5 Å². The molecule has 2 nitrogen and oxygen atoms in total. The van der Waals surface area contributed by atoms with Crippen molar-refractivity contribution in [2.24, 2.45) is 5.73 Å². The lowest BCUT2D eigenvalue weighted by molar-refractivity contribution is -0.274. The number of rotatable bonds is 4. The van der Waals surface area contributed by atoms with Crippen LogP contribution in [0.3, 0.4) is 0 Å². The van der Waals surface area contributed by atoms with E-state index in [1.165, 1.54) is 12.1 Å². The summed E-state index contributed by atoms with van der Waals surface area (Å²) in [7, 11) is 0. The van der Waals surface area contributed by atoms with E-state index in [2.05, 4.69) is 27.2 Å². The summed E-state index contributed by atoms with van der Waals surface area (Å²) in [5.41, 5.74) is 7.30. The van der Waals surface area contributed by atoms with Crippen molar-refractivity contribution in [2.75, 3.05) is 0 Å². The molecule has 1 atom stereocenters. The fourth-order valence-corrected chi connectivity index (χ4v) is 1.97. The van der Waals surface area contributed by atoms with Crippen molar-refractivity contribution < 1.29 is 17.9 Å². The molecule has 0 spiro atoms. The molecule has 2 N–H and O–H groups in total. The number of ether oxygens (including phenoxy) is 1. The minimum absolute atomic E-state index is 0.288. The number of hydrogen-bond acceptors (Lipinski definition) is 2. The first-order valence-electron chi connectivity index (χ1n) is 5.13. The predicted octanol–water partition coefficient (Wildman–Crippen LogP) is 4.31. The Balaban J connectivity index is 2.97. The van der Waals surface area contributed by atoms with Gasteiger partial charge in [-0.05, 0) is 37.1 Å². The van der Waals surface area contributed by atoms with Crippen molar-refractivity contribution in [3.8, 4) is 5.75 Å². The van der Waals surface area contributed by atoms with Gasteiger partial charge < -0.3 is 10.5 Å². The molecule has 18 heavy (non-hydrogen) atoms. The zero-order valence-corrected chi connectivity index (χ0v) is 11.3. The van der Waals surface area contributed by atoms with E-state index in [-0.39, 0.29) is 5.75 Å². The predicted molar refractivity (Wildman–Crippen MR) is 67.2 cm³/mol. The summed E-state index contributed by atoms with van der Waals surface area (Å²) in [5.74, 6) is -0.288. The number of halogens is 4. The van der Waals surface area contributed by atoms with Crippen LogP contribution in [0.25, 0.3) is 0 Å². The molecule has 0 unspecified atom stereocenters. The Morgan fingerprint density at radius 3 is 2.56 bits per heavy atom. The zero-order chi connectivity index (χ0) is 13.9. The average molecular weight is 324 g/mol. The molecular weight excluding hydrogens is 311 g/mol. The molecule has 0 heterocycles. The molecule has 0 aromatic heterocycles. The van der Waals surface area contributed by atoms with E-state index in [1.807, 2.05) is 6.92 Å². The van der Waals surface area contributed by atoms with Crippen LogP contribution in [-0.2, 0) is 0 Å². The van der Waals surface area contributed by atoms with Gasteiger partial charge in [0.25, 0.3) is 0 Å². The average Bonchev–Trinajstić information content (AvgIpc) is 2.12. The van der Waals surface area contributed by atoms with E-state index < -0.39 is 12.4 Å².